The minimum atomic E-state index is -0.970. The molecule has 2 saturated heterocycles. The molecular weight excluding hydrogens is 292 g/mol. The van der Waals surface area contributed by atoms with Crippen LogP contribution >= 0.6 is 11.8 Å². The molecule has 0 bridgehead atoms. The summed E-state index contributed by atoms with van der Waals surface area (Å²) in [6.07, 6.45) is -3.39. The zero-order valence-corrected chi connectivity index (χ0v) is 12.6. The molecule has 21 heavy (non-hydrogen) atoms. The van der Waals surface area contributed by atoms with Gasteiger partial charge in [0.15, 0.2) is 6.29 Å². The van der Waals surface area contributed by atoms with E-state index in [1.807, 2.05) is 37.3 Å². The van der Waals surface area contributed by atoms with Crippen LogP contribution in [0.4, 0.5) is 0 Å². The van der Waals surface area contributed by atoms with Crippen LogP contribution in [0, 0.1) is 0 Å². The van der Waals surface area contributed by atoms with E-state index in [4.69, 9.17) is 14.2 Å². The fraction of sp³-hybridized carbons (Fsp3) is 0.600. The number of hydrogen-bond donors (Lipinski definition) is 2. The standard InChI is InChI=1S/C15H20O5S/c1-2-21-15-12(17)11(16)13-10(19-15)8-18-14(20-13)9-6-4-3-5-7-9/h3-7,10-17H,2,8H2,1H3/t10-,11+,12+,13-,14?,15-/m1/s1. The van der Waals surface area contributed by atoms with Gasteiger partial charge in [-0.25, -0.2) is 0 Å². The molecule has 116 valence electrons. The lowest BCUT2D eigenvalue weighted by Crippen LogP contribution is -2.60. The second-order valence-electron chi connectivity index (χ2n) is 5.16. The summed E-state index contributed by atoms with van der Waals surface area (Å²) in [7, 11) is 0. The molecule has 2 fully saturated rings. The highest BCUT2D eigenvalue weighted by molar-refractivity contribution is 7.99. The molecule has 1 aromatic carbocycles. The van der Waals surface area contributed by atoms with E-state index < -0.39 is 30.0 Å². The van der Waals surface area contributed by atoms with Gasteiger partial charge in [-0.3, -0.25) is 0 Å². The van der Waals surface area contributed by atoms with Gasteiger partial charge in [0.1, 0.15) is 29.9 Å². The summed E-state index contributed by atoms with van der Waals surface area (Å²) in [5, 5.41) is 20.5. The predicted molar refractivity (Wildman–Crippen MR) is 78.8 cm³/mol. The molecule has 0 saturated carbocycles. The maximum Gasteiger partial charge on any atom is 0.184 e. The first kappa shape index (κ1) is 15.3. The van der Waals surface area contributed by atoms with Gasteiger partial charge < -0.3 is 24.4 Å². The molecule has 0 radical (unpaired) electrons. The van der Waals surface area contributed by atoms with Crippen molar-refractivity contribution in [1.29, 1.82) is 0 Å². The number of aliphatic hydroxyl groups excluding tert-OH is 2. The summed E-state index contributed by atoms with van der Waals surface area (Å²) in [5.74, 6) is 0.806. The highest BCUT2D eigenvalue weighted by atomic mass is 32.2. The summed E-state index contributed by atoms with van der Waals surface area (Å²) in [4.78, 5) is 0. The Kier molecular flexibility index (Phi) is 4.83. The molecule has 2 N–H and O–H groups in total. The molecule has 3 rings (SSSR count). The van der Waals surface area contributed by atoms with E-state index in [0.29, 0.717) is 6.61 Å². The lowest BCUT2D eigenvalue weighted by atomic mass is 9.99. The third-order valence-electron chi connectivity index (χ3n) is 3.74. The Morgan fingerprint density at radius 1 is 1.14 bits per heavy atom. The van der Waals surface area contributed by atoms with Crippen molar-refractivity contribution in [3.8, 4) is 0 Å². The number of ether oxygens (including phenoxy) is 3. The van der Waals surface area contributed by atoms with Crippen molar-refractivity contribution in [3.05, 3.63) is 35.9 Å². The Bertz CT molecular complexity index is 455. The van der Waals surface area contributed by atoms with E-state index >= 15 is 0 Å². The van der Waals surface area contributed by atoms with Gasteiger partial charge in [-0.2, -0.15) is 0 Å². The molecule has 1 unspecified atom stereocenters. The summed E-state index contributed by atoms with van der Waals surface area (Å²) in [6, 6.07) is 9.56. The van der Waals surface area contributed by atoms with Crippen LogP contribution in [0.3, 0.4) is 0 Å². The van der Waals surface area contributed by atoms with Crippen LogP contribution in [0.25, 0.3) is 0 Å². The first-order valence-electron chi connectivity index (χ1n) is 7.16. The lowest BCUT2D eigenvalue weighted by molar-refractivity contribution is -0.318. The SMILES string of the molecule is CCS[C@H]1O[C@@H]2COC(c3ccccc3)O[C@H]2[C@@H](O)[C@@H]1O. The topological polar surface area (TPSA) is 68.2 Å². The van der Waals surface area contributed by atoms with Crippen molar-refractivity contribution in [2.45, 2.75) is 43.1 Å². The molecule has 0 aliphatic carbocycles. The number of fused-ring (bicyclic) bond motifs is 1. The minimum absolute atomic E-state index is 0.342. The van der Waals surface area contributed by atoms with E-state index in [1.165, 1.54) is 11.8 Å². The van der Waals surface area contributed by atoms with E-state index in [9.17, 15) is 10.2 Å². The molecular formula is C15H20O5S. The van der Waals surface area contributed by atoms with Crippen molar-refractivity contribution >= 4 is 11.8 Å². The van der Waals surface area contributed by atoms with Crippen LogP contribution in [0.2, 0.25) is 0 Å². The number of rotatable bonds is 3. The smallest absolute Gasteiger partial charge is 0.184 e. The molecule has 2 aliphatic rings. The summed E-state index contributed by atoms with van der Waals surface area (Å²) >= 11 is 1.47. The Balaban J connectivity index is 1.71. The summed E-state index contributed by atoms with van der Waals surface area (Å²) < 4.78 is 17.3. The second-order valence-corrected chi connectivity index (χ2v) is 6.53. The monoisotopic (exact) mass is 312 g/mol. The van der Waals surface area contributed by atoms with E-state index in [-0.39, 0.29) is 6.10 Å². The number of aliphatic hydroxyl groups is 2. The highest BCUT2D eigenvalue weighted by Crippen LogP contribution is 2.36. The van der Waals surface area contributed by atoms with Crippen molar-refractivity contribution in [2.24, 2.45) is 0 Å². The molecule has 2 heterocycles. The third kappa shape index (κ3) is 3.11. The number of benzene rings is 1. The van der Waals surface area contributed by atoms with Gasteiger partial charge in [0, 0.05) is 5.56 Å². The van der Waals surface area contributed by atoms with Gasteiger partial charge >= 0.3 is 0 Å². The van der Waals surface area contributed by atoms with Crippen LogP contribution < -0.4 is 0 Å². The third-order valence-corrected chi connectivity index (χ3v) is 4.79. The molecule has 1 aromatic rings. The fourth-order valence-corrected chi connectivity index (χ4v) is 3.57. The predicted octanol–water partition coefficient (Wildman–Crippen LogP) is 1.30. The quantitative estimate of drug-likeness (QED) is 0.877. The van der Waals surface area contributed by atoms with Crippen molar-refractivity contribution in [3.63, 3.8) is 0 Å². The molecule has 0 amide bonds. The van der Waals surface area contributed by atoms with E-state index in [2.05, 4.69) is 0 Å². The normalized spacial score (nSPS) is 39.8. The maximum absolute atomic E-state index is 10.3. The Labute approximate surface area is 128 Å². The second kappa shape index (κ2) is 6.64. The van der Waals surface area contributed by atoms with Crippen molar-refractivity contribution < 1.29 is 24.4 Å². The Morgan fingerprint density at radius 2 is 1.90 bits per heavy atom. The molecule has 6 atom stereocenters. The minimum Gasteiger partial charge on any atom is -0.387 e. The van der Waals surface area contributed by atoms with Crippen molar-refractivity contribution in [2.75, 3.05) is 12.4 Å². The number of hydrogen-bond acceptors (Lipinski definition) is 6. The first-order valence-corrected chi connectivity index (χ1v) is 8.20. The zero-order valence-electron chi connectivity index (χ0n) is 11.8. The van der Waals surface area contributed by atoms with Crippen LogP contribution in [0.5, 0.6) is 0 Å². The van der Waals surface area contributed by atoms with E-state index in [1.54, 1.807) is 0 Å². The molecule has 6 heteroatoms. The Hall–Kier alpha value is -0.630. The van der Waals surface area contributed by atoms with Crippen LogP contribution in [0.1, 0.15) is 18.8 Å². The van der Waals surface area contributed by atoms with Gasteiger partial charge in [0.05, 0.1) is 6.61 Å². The van der Waals surface area contributed by atoms with Crippen LogP contribution in [0.15, 0.2) is 30.3 Å². The van der Waals surface area contributed by atoms with Gasteiger partial charge in [-0.1, -0.05) is 37.3 Å². The summed E-state index contributed by atoms with van der Waals surface area (Å²) in [5.41, 5.74) is 0.453. The fourth-order valence-electron chi connectivity index (χ4n) is 2.66. The maximum atomic E-state index is 10.3. The highest BCUT2D eigenvalue weighted by Gasteiger charge is 2.48. The molecule has 0 aromatic heterocycles. The largest absolute Gasteiger partial charge is 0.387 e. The average Bonchev–Trinajstić information content (AvgIpc) is 2.53. The number of thioether (sulfide) groups is 1. The van der Waals surface area contributed by atoms with Gasteiger partial charge in [-0.15, -0.1) is 11.8 Å². The van der Waals surface area contributed by atoms with E-state index in [0.717, 1.165) is 11.3 Å². The molecule has 2 aliphatic heterocycles. The first-order chi connectivity index (χ1) is 10.2. The van der Waals surface area contributed by atoms with Gasteiger partial charge in [0.2, 0.25) is 0 Å². The molecule has 0 spiro atoms. The Morgan fingerprint density at radius 3 is 2.62 bits per heavy atom. The van der Waals surface area contributed by atoms with Crippen molar-refractivity contribution in [1.82, 2.24) is 0 Å². The zero-order chi connectivity index (χ0) is 14.8. The molecule has 5 nitrogen and oxygen atoms in total. The van der Waals surface area contributed by atoms with Crippen LogP contribution in [-0.4, -0.2) is 52.4 Å². The van der Waals surface area contributed by atoms with Crippen LogP contribution in [-0.2, 0) is 14.2 Å². The van der Waals surface area contributed by atoms with Gasteiger partial charge in [0.25, 0.3) is 0 Å². The average molecular weight is 312 g/mol. The van der Waals surface area contributed by atoms with Gasteiger partial charge in [-0.05, 0) is 5.75 Å². The summed E-state index contributed by atoms with van der Waals surface area (Å²) in [6.45, 7) is 2.33. The lowest BCUT2D eigenvalue weighted by Gasteiger charge is -2.46.